The standard InChI is InChI=1S/C23H29N5O/c1-15(2)25-13-18-5-4-12-28(18)14-16-8-10-17(11-9-16)23-26-20-7-3-6-19(22(24)29)21(20)27-23/h3,6-11,15,18,25H,4-5,12-14H2,1-2H3,(H2,24,29)(H,26,27). The van der Waals surface area contributed by atoms with E-state index in [1.165, 1.54) is 18.4 Å². The lowest BCUT2D eigenvalue weighted by Crippen LogP contribution is -2.39. The molecule has 0 aliphatic carbocycles. The Morgan fingerprint density at radius 1 is 1.28 bits per heavy atom. The third-order valence-corrected chi connectivity index (χ3v) is 5.65. The molecule has 0 saturated carbocycles. The van der Waals surface area contributed by atoms with E-state index in [1.54, 1.807) is 6.07 Å². The van der Waals surface area contributed by atoms with E-state index in [2.05, 4.69) is 58.3 Å². The highest BCUT2D eigenvalue weighted by molar-refractivity contribution is 6.04. The summed E-state index contributed by atoms with van der Waals surface area (Å²) < 4.78 is 0. The van der Waals surface area contributed by atoms with Gasteiger partial charge in [0, 0.05) is 30.7 Å². The fourth-order valence-corrected chi connectivity index (χ4v) is 4.08. The maximum Gasteiger partial charge on any atom is 0.250 e. The second-order valence-electron chi connectivity index (χ2n) is 8.18. The first-order chi connectivity index (χ1) is 14.0. The maximum absolute atomic E-state index is 11.6. The number of H-pyrrole nitrogens is 1. The third kappa shape index (κ3) is 4.33. The molecule has 1 aliphatic rings. The average Bonchev–Trinajstić information content (AvgIpc) is 3.33. The number of carbonyl (C=O) groups excluding carboxylic acids is 1. The molecule has 152 valence electrons. The highest BCUT2D eigenvalue weighted by Crippen LogP contribution is 2.25. The lowest BCUT2D eigenvalue weighted by Gasteiger charge is -2.25. The number of primary amides is 1. The summed E-state index contributed by atoms with van der Waals surface area (Å²) in [7, 11) is 0. The fraction of sp³-hybridized carbons (Fsp3) is 0.391. The molecule has 2 heterocycles. The summed E-state index contributed by atoms with van der Waals surface area (Å²) in [6.07, 6.45) is 2.53. The van der Waals surface area contributed by atoms with Crippen LogP contribution in [0.15, 0.2) is 42.5 Å². The zero-order chi connectivity index (χ0) is 20.4. The first-order valence-corrected chi connectivity index (χ1v) is 10.4. The molecule has 0 bridgehead atoms. The smallest absolute Gasteiger partial charge is 0.250 e. The molecule has 6 nitrogen and oxygen atoms in total. The van der Waals surface area contributed by atoms with Gasteiger partial charge in [0.2, 0.25) is 0 Å². The van der Waals surface area contributed by atoms with Crippen molar-refractivity contribution in [3.63, 3.8) is 0 Å². The second-order valence-corrected chi connectivity index (χ2v) is 8.18. The molecule has 1 fully saturated rings. The van der Waals surface area contributed by atoms with E-state index in [9.17, 15) is 4.79 Å². The van der Waals surface area contributed by atoms with Crippen molar-refractivity contribution < 1.29 is 4.79 Å². The predicted molar refractivity (Wildman–Crippen MR) is 117 cm³/mol. The molecule has 1 amide bonds. The van der Waals surface area contributed by atoms with Crippen molar-refractivity contribution in [2.45, 2.75) is 45.3 Å². The van der Waals surface area contributed by atoms with Crippen LogP contribution >= 0.6 is 0 Å². The van der Waals surface area contributed by atoms with E-state index < -0.39 is 5.91 Å². The highest BCUT2D eigenvalue weighted by Gasteiger charge is 2.24. The Morgan fingerprint density at radius 2 is 2.07 bits per heavy atom. The molecule has 4 rings (SSSR count). The van der Waals surface area contributed by atoms with Crippen molar-refractivity contribution in [1.29, 1.82) is 0 Å². The quantitative estimate of drug-likeness (QED) is 0.577. The van der Waals surface area contributed by atoms with Crippen LogP contribution < -0.4 is 11.1 Å². The van der Waals surface area contributed by atoms with E-state index >= 15 is 0 Å². The van der Waals surface area contributed by atoms with Crippen LogP contribution in [0.2, 0.25) is 0 Å². The predicted octanol–water partition coefficient (Wildman–Crippen LogP) is 3.29. The third-order valence-electron chi connectivity index (χ3n) is 5.65. The molecule has 1 atom stereocenters. The number of nitrogens with two attached hydrogens (primary N) is 1. The molecule has 6 heteroatoms. The summed E-state index contributed by atoms with van der Waals surface area (Å²) >= 11 is 0. The zero-order valence-corrected chi connectivity index (χ0v) is 17.1. The number of hydrogen-bond donors (Lipinski definition) is 3. The number of rotatable bonds is 7. The van der Waals surface area contributed by atoms with Crippen LogP contribution in [0.5, 0.6) is 0 Å². The number of aromatic nitrogens is 2. The molecule has 0 radical (unpaired) electrons. The van der Waals surface area contributed by atoms with Crippen LogP contribution in [0.3, 0.4) is 0 Å². The summed E-state index contributed by atoms with van der Waals surface area (Å²) in [6.45, 7) is 7.57. The summed E-state index contributed by atoms with van der Waals surface area (Å²) in [5.41, 5.74) is 9.66. The Labute approximate surface area is 171 Å². The van der Waals surface area contributed by atoms with E-state index in [0.717, 1.165) is 36.5 Å². The number of carbonyl (C=O) groups is 1. The lowest BCUT2D eigenvalue weighted by atomic mass is 10.1. The molecule has 4 N–H and O–H groups in total. The molecule has 2 aromatic carbocycles. The largest absolute Gasteiger partial charge is 0.366 e. The monoisotopic (exact) mass is 391 g/mol. The highest BCUT2D eigenvalue weighted by atomic mass is 16.1. The van der Waals surface area contributed by atoms with Crippen LogP contribution in [-0.2, 0) is 6.54 Å². The first kappa shape index (κ1) is 19.6. The van der Waals surface area contributed by atoms with E-state index in [4.69, 9.17) is 5.73 Å². The van der Waals surface area contributed by atoms with Crippen LogP contribution in [0, 0.1) is 0 Å². The number of imidazole rings is 1. The Bertz CT molecular complexity index is 992. The van der Waals surface area contributed by atoms with E-state index in [1.807, 2.05) is 12.1 Å². The van der Waals surface area contributed by atoms with Gasteiger partial charge in [-0.05, 0) is 37.1 Å². The van der Waals surface area contributed by atoms with Crippen molar-refractivity contribution in [3.8, 4) is 11.4 Å². The Morgan fingerprint density at radius 3 is 2.79 bits per heavy atom. The topological polar surface area (TPSA) is 87.0 Å². The van der Waals surface area contributed by atoms with Crippen molar-refractivity contribution >= 4 is 16.9 Å². The Kier molecular flexibility index (Phi) is 5.65. The Hall–Kier alpha value is -2.70. The van der Waals surface area contributed by atoms with Gasteiger partial charge in [-0.1, -0.05) is 44.2 Å². The van der Waals surface area contributed by atoms with Crippen molar-refractivity contribution in [1.82, 2.24) is 20.2 Å². The zero-order valence-electron chi connectivity index (χ0n) is 17.1. The molecule has 1 unspecified atom stereocenters. The number of aromatic amines is 1. The van der Waals surface area contributed by atoms with Gasteiger partial charge in [0.15, 0.2) is 0 Å². The van der Waals surface area contributed by atoms with Crippen LogP contribution in [0.25, 0.3) is 22.4 Å². The van der Waals surface area contributed by atoms with Crippen molar-refractivity contribution in [2.24, 2.45) is 5.73 Å². The van der Waals surface area contributed by atoms with E-state index in [0.29, 0.717) is 23.2 Å². The van der Waals surface area contributed by atoms with Gasteiger partial charge < -0.3 is 16.0 Å². The van der Waals surface area contributed by atoms with Gasteiger partial charge in [-0.15, -0.1) is 0 Å². The molecular weight excluding hydrogens is 362 g/mol. The number of nitrogens with one attached hydrogen (secondary N) is 2. The minimum absolute atomic E-state index is 0.441. The molecule has 1 saturated heterocycles. The molecule has 1 aromatic heterocycles. The number of fused-ring (bicyclic) bond motifs is 1. The average molecular weight is 392 g/mol. The number of nitrogens with zero attached hydrogens (tertiary/aromatic N) is 2. The number of amides is 1. The van der Waals surface area contributed by atoms with Gasteiger partial charge in [-0.2, -0.15) is 0 Å². The SMILES string of the molecule is CC(C)NCC1CCCN1Cc1ccc(-c2nc3c(C(N)=O)cccc3[nH]2)cc1. The fourth-order valence-electron chi connectivity index (χ4n) is 4.08. The van der Waals surface area contributed by atoms with Gasteiger partial charge in [0.05, 0.1) is 11.1 Å². The van der Waals surface area contributed by atoms with Crippen molar-refractivity contribution in [3.05, 3.63) is 53.6 Å². The van der Waals surface area contributed by atoms with Gasteiger partial charge >= 0.3 is 0 Å². The normalized spacial score (nSPS) is 17.4. The number of hydrogen-bond acceptors (Lipinski definition) is 4. The van der Waals surface area contributed by atoms with E-state index in [-0.39, 0.29) is 0 Å². The minimum Gasteiger partial charge on any atom is -0.366 e. The maximum atomic E-state index is 11.6. The molecule has 3 aromatic rings. The summed E-state index contributed by atoms with van der Waals surface area (Å²) in [5, 5.41) is 3.57. The minimum atomic E-state index is -0.462. The van der Waals surface area contributed by atoms with Crippen molar-refractivity contribution in [2.75, 3.05) is 13.1 Å². The second kappa shape index (κ2) is 8.35. The van der Waals surface area contributed by atoms with Crippen LogP contribution in [-0.4, -0.2) is 45.9 Å². The molecule has 0 spiro atoms. The van der Waals surface area contributed by atoms with Gasteiger partial charge in [-0.3, -0.25) is 9.69 Å². The molecular formula is C23H29N5O. The first-order valence-electron chi connectivity index (χ1n) is 10.4. The van der Waals surface area contributed by atoms with Gasteiger partial charge in [-0.25, -0.2) is 4.98 Å². The van der Waals surface area contributed by atoms with Gasteiger partial charge in [0.1, 0.15) is 11.3 Å². The van der Waals surface area contributed by atoms with Crippen LogP contribution in [0.4, 0.5) is 0 Å². The van der Waals surface area contributed by atoms with Crippen LogP contribution in [0.1, 0.15) is 42.6 Å². The molecule has 1 aliphatic heterocycles. The number of para-hydroxylation sites is 1. The summed E-state index contributed by atoms with van der Waals surface area (Å²) in [5.74, 6) is 0.288. The van der Waals surface area contributed by atoms with Gasteiger partial charge in [0.25, 0.3) is 5.91 Å². The Balaban J connectivity index is 1.49. The lowest BCUT2D eigenvalue weighted by molar-refractivity contribution is 0.100. The molecule has 29 heavy (non-hydrogen) atoms. The summed E-state index contributed by atoms with van der Waals surface area (Å²) in [4.78, 5) is 22.1. The number of benzene rings is 2. The summed E-state index contributed by atoms with van der Waals surface area (Å²) in [6, 6.07) is 15.1. The number of likely N-dealkylation sites (tertiary alicyclic amines) is 1.